The Kier molecular flexibility index (Phi) is 3.77. The molecule has 3 nitrogen and oxygen atoms in total. The predicted molar refractivity (Wildman–Crippen MR) is 79.7 cm³/mol. The van der Waals surface area contributed by atoms with Gasteiger partial charge in [-0.25, -0.2) is 4.39 Å². The largest absolute Gasteiger partial charge is 0.422 e. The first kappa shape index (κ1) is 14.5. The molecule has 2 aromatic rings. The summed E-state index contributed by atoms with van der Waals surface area (Å²) in [5.41, 5.74) is 1.11. The molecule has 0 radical (unpaired) electrons. The molecule has 0 aliphatic carbocycles. The zero-order chi connectivity index (χ0) is 15.7. The van der Waals surface area contributed by atoms with Gasteiger partial charge in [-0.3, -0.25) is 9.59 Å². The van der Waals surface area contributed by atoms with Gasteiger partial charge in [0.05, 0.1) is 0 Å². The molecule has 0 saturated carbocycles. The van der Waals surface area contributed by atoms with Gasteiger partial charge in [-0.2, -0.15) is 0 Å². The van der Waals surface area contributed by atoms with Gasteiger partial charge in [0.1, 0.15) is 11.7 Å². The van der Waals surface area contributed by atoms with Crippen LogP contribution in [0.1, 0.15) is 17.0 Å². The van der Waals surface area contributed by atoms with Gasteiger partial charge >= 0.3 is 5.97 Å². The number of cyclic esters (lactones) is 1. The molecule has 1 unspecified atom stereocenters. The van der Waals surface area contributed by atoms with E-state index >= 15 is 0 Å². The topological polar surface area (TPSA) is 43.4 Å². The number of allylic oxidation sites excluding steroid dienone is 1. The van der Waals surface area contributed by atoms with Crippen molar-refractivity contribution >= 4 is 29.4 Å². The van der Waals surface area contributed by atoms with Gasteiger partial charge in [0, 0.05) is 5.02 Å². The molecular formula is C17H10ClFO3. The van der Waals surface area contributed by atoms with Crippen LogP contribution < -0.4 is 0 Å². The van der Waals surface area contributed by atoms with Crippen molar-refractivity contribution in [2.45, 2.75) is 5.92 Å². The van der Waals surface area contributed by atoms with Crippen LogP contribution in [0.25, 0.3) is 6.08 Å². The zero-order valence-corrected chi connectivity index (χ0v) is 12.0. The van der Waals surface area contributed by atoms with Crippen LogP contribution in [0.2, 0.25) is 5.02 Å². The van der Waals surface area contributed by atoms with E-state index in [9.17, 15) is 14.0 Å². The quantitative estimate of drug-likeness (QED) is 0.482. The van der Waals surface area contributed by atoms with E-state index in [1.807, 2.05) is 0 Å². The number of esters is 1. The first-order valence-corrected chi connectivity index (χ1v) is 6.91. The summed E-state index contributed by atoms with van der Waals surface area (Å²) >= 11 is 5.80. The van der Waals surface area contributed by atoms with E-state index in [-0.39, 0.29) is 11.6 Å². The number of halogens is 2. The summed E-state index contributed by atoms with van der Waals surface area (Å²) in [6, 6.07) is 12.0. The zero-order valence-electron chi connectivity index (χ0n) is 11.3. The first-order chi connectivity index (χ1) is 10.5. The van der Waals surface area contributed by atoms with E-state index in [1.54, 1.807) is 24.3 Å². The van der Waals surface area contributed by atoms with Gasteiger partial charge in [-0.1, -0.05) is 35.9 Å². The minimum atomic E-state index is -0.982. The standard InChI is InChI=1S/C17H10ClFO3/c18-12-5-3-11(4-6-12)15-16(20)14(22-17(15)21)9-10-1-7-13(19)8-2-10/h1-9,15H/b14-9-. The van der Waals surface area contributed by atoms with Gasteiger partial charge in [-0.05, 0) is 41.5 Å². The molecule has 0 bridgehead atoms. The number of hydrogen-bond donors (Lipinski definition) is 0. The second kappa shape index (κ2) is 5.73. The van der Waals surface area contributed by atoms with Gasteiger partial charge in [0.25, 0.3) is 0 Å². The maximum Gasteiger partial charge on any atom is 0.327 e. The number of ether oxygens (including phenoxy) is 1. The number of rotatable bonds is 2. The van der Waals surface area contributed by atoms with E-state index < -0.39 is 17.7 Å². The van der Waals surface area contributed by atoms with Crippen LogP contribution in [-0.2, 0) is 14.3 Å². The van der Waals surface area contributed by atoms with E-state index in [0.717, 1.165) is 0 Å². The van der Waals surface area contributed by atoms with Crippen molar-refractivity contribution in [1.29, 1.82) is 0 Å². The number of carbonyl (C=O) groups excluding carboxylic acids is 2. The smallest absolute Gasteiger partial charge is 0.327 e. The number of benzene rings is 2. The lowest BCUT2D eigenvalue weighted by atomic mass is 9.95. The normalized spacial score (nSPS) is 19.5. The maximum absolute atomic E-state index is 12.9. The molecule has 1 atom stereocenters. The maximum atomic E-state index is 12.9. The third-order valence-corrected chi connectivity index (χ3v) is 3.57. The number of Topliss-reactive ketones (excluding diaryl/α,β-unsaturated/α-hetero) is 1. The monoisotopic (exact) mass is 316 g/mol. The highest BCUT2D eigenvalue weighted by atomic mass is 35.5. The Balaban J connectivity index is 1.91. The van der Waals surface area contributed by atoms with Gasteiger partial charge < -0.3 is 4.74 Å². The lowest BCUT2D eigenvalue weighted by molar-refractivity contribution is -0.136. The molecule has 5 heteroatoms. The molecule has 1 saturated heterocycles. The van der Waals surface area contributed by atoms with Crippen LogP contribution in [0.15, 0.2) is 54.3 Å². The highest BCUT2D eigenvalue weighted by Crippen LogP contribution is 2.31. The van der Waals surface area contributed by atoms with Crippen LogP contribution in [0.3, 0.4) is 0 Å². The summed E-state index contributed by atoms with van der Waals surface area (Å²) in [4.78, 5) is 24.3. The summed E-state index contributed by atoms with van der Waals surface area (Å²) in [5.74, 6) is -2.45. The fourth-order valence-electron chi connectivity index (χ4n) is 2.22. The SMILES string of the molecule is O=C1O/C(=C\c2ccc(F)cc2)C(=O)C1c1ccc(Cl)cc1. The third-order valence-electron chi connectivity index (χ3n) is 3.32. The minimum absolute atomic E-state index is 0.0449. The Morgan fingerprint density at radius 2 is 1.64 bits per heavy atom. The van der Waals surface area contributed by atoms with Crippen molar-refractivity contribution in [3.63, 3.8) is 0 Å². The molecule has 0 aromatic heterocycles. The third kappa shape index (κ3) is 2.78. The molecule has 1 heterocycles. The number of ketones is 1. The summed E-state index contributed by atoms with van der Waals surface area (Å²) in [6.45, 7) is 0. The van der Waals surface area contributed by atoms with Crippen molar-refractivity contribution < 1.29 is 18.7 Å². The molecule has 110 valence electrons. The molecule has 2 aromatic carbocycles. The molecule has 1 aliphatic rings. The average molecular weight is 317 g/mol. The summed E-state index contributed by atoms with van der Waals surface area (Å²) in [6.07, 6.45) is 1.43. The minimum Gasteiger partial charge on any atom is -0.422 e. The van der Waals surface area contributed by atoms with Crippen molar-refractivity contribution in [3.05, 3.63) is 76.3 Å². The predicted octanol–water partition coefficient (Wildman–Crippen LogP) is 3.73. The lowest BCUT2D eigenvalue weighted by Crippen LogP contribution is -2.12. The molecule has 1 aliphatic heterocycles. The molecule has 3 rings (SSSR count). The van der Waals surface area contributed by atoms with Crippen LogP contribution in [0.4, 0.5) is 4.39 Å². The van der Waals surface area contributed by atoms with Crippen LogP contribution >= 0.6 is 11.6 Å². The summed E-state index contributed by atoms with van der Waals surface area (Å²) in [5, 5.41) is 0.518. The first-order valence-electron chi connectivity index (χ1n) is 6.53. The molecule has 0 N–H and O–H groups in total. The Bertz CT molecular complexity index is 763. The second-order valence-electron chi connectivity index (χ2n) is 4.83. The van der Waals surface area contributed by atoms with Crippen molar-refractivity contribution in [2.24, 2.45) is 0 Å². The van der Waals surface area contributed by atoms with Gasteiger partial charge in [-0.15, -0.1) is 0 Å². The fraction of sp³-hybridized carbons (Fsp3) is 0.0588. The lowest BCUT2D eigenvalue weighted by Gasteiger charge is -2.03. The fourth-order valence-corrected chi connectivity index (χ4v) is 2.35. The van der Waals surface area contributed by atoms with Gasteiger partial charge in [0.2, 0.25) is 5.78 Å². The highest BCUT2D eigenvalue weighted by Gasteiger charge is 2.40. The summed E-state index contributed by atoms with van der Waals surface area (Å²) in [7, 11) is 0. The van der Waals surface area contributed by atoms with Crippen molar-refractivity contribution in [1.82, 2.24) is 0 Å². The van der Waals surface area contributed by atoms with E-state index in [4.69, 9.17) is 16.3 Å². The van der Waals surface area contributed by atoms with Gasteiger partial charge in [0.15, 0.2) is 5.76 Å². The molecule has 1 fully saturated rings. The number of carbonyl (C=O) groups is 2. The Hall–Kier alpha value is -2.46. The molecule has 22 heavy (non-hydrogen) atoms. The Morgan fingerprint density at radius 3 is 2.27 bits per heavy atom. The van der Waals surface area contributed by atoms with Crippen LogP contribution in [0, 0.1) is 5.82 Å². The van der Waals surface area contributed by atoms with Crippen LogP contribution in [-0.4, -0.2) is 11.8 Å². The number of hydrogen-bond acceptors (Lipinski definition) is 3. The van der Waals surface area contributed by atoms with Crippen molar-refractivity contribution in [2.75, 3.05) is 0 Å². The van der Waals surface area contributed by atoms with E-state index in [0.29, 0.717) is 16.1 Å². The Labute approximate surface area is 131 Å². The second-order valence-corrected chi connectivity index (χ2v) is 5.27. The Morgan fingerprint density at radius 1 is 1.00 bits per heavy atom. The van der Waals surface area contributed by atoms with Crippen molar-refractivity contribution in [3.8, 4) is 0 Å². The average Bonchev–Trinajstić information content (AvgIpc) is 2.77. The van der Waals surface area contributed by atoms with Crippen LogP contribution in [0.5, 0.6) is 0 Å². The molecule has 0 spiro atoms. The molecular weight excluding hydrogens is 307 g/mol. The molecule has 0 amide bonds. The van der Waals surface area contributed by atoms with E-state index in [1.165, 1.54) is 30.3 Å². The summed E-state index contributed by atoms with van der Waals surface area (Å²) < 4.78 is 17.9. The highest BCUT2D eigenvalue weighted by molar-refractivity contribution is 6.30. The van der Waals surface area contributed by atoms with E-state index in [2.05, 4.69) is 0 Å².